The van der Waals surface area contributed by atoms with Gasteiger partial charge in [-0.25, -0.2) is 4.98 Å². The summed E-state index contributed by atoms with van der Waals surface area (Å²) in [5, 5.41) is 13.5. The van der Waals surface area contributed by atoms with E-state index in [0.29, 0.717) is 10.2 Å². The van der Waals surface area contributed by atoms with Crippen molar-refractivity contribution in [2.24, 2.45) is 5.10 Å². The van der Waals surface area contributed by atoms with Gasteiger partial charge < -0.3 is 0 Å². The average molecular weight is 308 g/mol. The fourth-order valence-electron chi connectivity index (χ4n) is 1.49. The smallest absolute Gasteiger partial charge is 0.209 e. The highest BCUT2D eigenvalue weighted by atomic mass is 35.5. The molecule has 5 nitrogen and oxygen atoms in total. The summed E-state index contributed by atoms with van der Waals surface area (Å²) in [5.41, 5.74) is 5.42. The second-order valence-electron chi connectivity index (χ2n) is 3.86. The predicted molar refractivity (Wildman–Crippen MR) is 83.5 cm³/mol. The van der Waals surface area contributed by atoms with E-state index in [9.17, 15) is 0 Å². The topological polar surface area (TPSA) is 63.1 Å². The fourth-order valence-corrected chi connectivity index (χ4v) is 1.93. The van der Waals surface area contributed by atoms with Crippen molar-refractivity contribution in [3.63, 3.8) is 0 Å². The second kappa shape index (κ2) is 7.21. The standard InChI is InChI=1S/C13H14ClN5S/c1-3-11(12-8-15-19-13(16-12)20-2)18-17-10-6-4-9(14)5-7-10/h4-8,17H,3H2,1-2H3/b18-11+. The Labute approximate surface area is 126 Å². The van der Waals surface area contributed by atoms with Gasteiger partial charge in [0.25, 0.3) is 0 Å². The van der Waals surface area contributed by atoms with Gasteiger partial charge in [-0.2, -0.15) is 10.2 Å². The molecular weight excluding hydrogens is 294 g/mol. The molecule has 0 aliphatic carbocycles. The van der Waals surface area contributed by atoms with Gasteiger partial charge in [0.1, 0.15) is 5.69 Å². The molecule has 0 fully saturated rings. The van der Waals surface area contributed by atoms with Crippen LogP contribution < -0.4 is 5.43 Å². The van der Waals surface area contributed by atoms with Crippen LogP contribution in [-0.4, -0.2) is 27.1 Å². The Balaban J connectivity index is 2.18. The first-order valence-electron chi connectivity index (χ1n) is 6.05. The molecule has 0 bridgehead atoms. The van der Waals surface area contributed by atoms with Gasteiger partial charge in [0, 0.05) is 5.02 Å². The number of thioether (sulfide) groups is 1. The third kappa shape index (κ3) is 3.91. The minimum Gasteiger partial charge on any atom is -0.278 e. The van der Waals surface area contributed by atoms with Crippen LogP contribution in [0.2, 0.25) is 5.02 Å². The van der Waals surface area contributed by atoms with Crippen molar-refractivity contribution in [3.05, 3.63) is 41.2 Å². The molecule has 0 aliphatic rings. The van der Waals surface area contributed by atoms with Crippen LogP contribution in [0.4, 0.5) is 5.69 Å². The summed E-state index contributed by atoms with van der Waals surface area (Å²) in [7, 11) is 0. The van der Waals surface area contributed by atoms with Crippen molar-refractivity contribution >= 4 is 34.8 Å². The maximum absolute atomic E-state index is 5.84. The van der Waals surface area contributed by atoms with Crippen LogP contribution >= 0.6 is 23.4 Å². The molecule has 0 amide bonds. The SMILES string of the molecule is CC/C(=N\Nc1ccc(Cl)cc1)c1cnnc(SC)n1. The molecule has 1 heterocycles. The number of nitrogens with one attached hydrogen (secondary N) is 1. The lowest BCUT2D eigenvalue weighted by Gasteiger charge is -2.05. The highest BCUT2D eigenvalue weighted by Gasteiger charge is 2.06. The van der Waals surface area contributed by atoms with Crippen molar-refractivity contribution < 1.29 is 0 Å². The van der Waals surface area contributed by atoms with Crippen LogP contribution in [0.15, 0.2) is 40.7 Å². The zero-order valence-corrected chi connectivity index (χ0v) is 12.7. The first-order chi connectivity index (χ1) is 9.72. The largest absolute Gasteiger partial charge is 0.278 e. The molecule has 1 aromatic carbocycles. The average Bonchev–Trinajstić information content (AvgIpc) is 2.50. The first kappa shape index (κ1) is 14.7. The molecule has 20 heavy (non-hydrogen) atoms. The van der Waals surface area contributed by atoms with Crippen LogP contribution in [0.25, 0.3) is 0 Å². The summed E-state index contributed by atoms with van der Waals surface area (Å²) in [6.45, 7) is 2.02. The number of hydrogen-bond donors (Lipinski definition) is 1. The van der Waals surface area contributed by atoms with E-state index in [1.54, 1.807) is 6.20 Å². The lowest BCUT2D eigenvalue weighted by molar-refractivity contribution is 0.831. The van der Waals surface area contributed by atoms with E-state index in [2.05, 4.69) is 25.7 Å². The molecule has 0 atom stereocenters. The number of aromatic nitrogens is 3. The molecule has 0 radical (unpaired) electrons. The van der Waals surface area contributed by atoms with Crippen LogP contribution in [0.3, 0.4) is 0 Å². The van der Waals surface area contributed by atoms with E-state index < -0.39 is 0 Å². The van der Waals surface area contributed by atoms with Crippen molar-refractivity contribution in [1.29, 1.82) is 0 Å². The van der Waals surface area contributed by atoms with Gasteiger partial charge in [-0.15, -0.1) is 5.10 Å². The highest BCUT2D eigenvalue weighted by Crippen LogP contribution is 2.14. The van der Waals surface area contributed by atoms with Crippen LogP contribution in [0.5, 0.6) is 0 Å². The Hall–Kier alpha value is -1.66. The summed E-state index contributed by atoms with van der Waals surface area (Å²) < 4.78 is 0. The summed E-state index contributed by atoms with van der Waals surface area (Å²) in [4.78, 5) is 4.39. The molecule has 104 valence electrons. The third-order valence-electron chi connectivity index (χ3n) is 2.52. The van der Waals surface area contributed by atoms with Gasteiger partial charge in [0.05, 0.1) is 17.6 Å². The third-order valence-corrected chi connectivity index (χ3v) is 3.31. The van der Waals surface area contributed by atoms with E-state index in [4.69, 9.17) is 11.6 Å². The van der Waals surface area contributed by atoms with Crippen LogP contribution in [0, 0.1) is 0 Å². The van der Waals surface area contributed by atoms with E-state index in [1.807, 2.05) is 37.4 Å². The molecule has 0 saturated carbocycles. The number of hydrazone groups is 1. The molecule has 0 unspecified atom stereocenters. The Morgan fingerprint density at radius 3 is 2.75 bits per heavy atom. The first-order valence-corrected chi connectivity index (χ1v) is 7.65. The van der Waals surface area contributed by atoms with Gasteiger partial charge in [0.2, 0.25) is 5.16 Å². The molecule has 0 spiro atoms. The summed E-state index contributed by atoms with van der Waals surface area (Å²) in [5.74, 6) is 0. The molecular formula is C13H14ClN5S. The fraction of sp³-hybridized carbons (Fsp3) is 0.231. The monoisotopic (exact) mass is 307 g/mol. The number of hydrogen-bond acceptors (Lipinski definition) is 6. The minimum atomic E-state index is 0.634. The van der Waals surface area contributed by atoms with E-state index in [1.165, 1.54) is 11.8 Å². The maximum atomic E-state index is 5.84. The normalized spacial score (nSPS) is 11.4. The van der Waals surface area contributed by atoms with Gasteiger partial charge in [-0.3, -0.25) is 5.43 Å². The Bertz CT molecular complexity index is 600. The molecule has 0 aliphatic heterocycles. The van der Waals surface area contributed by atoms with Crippen LogP contribution in [-0.2, 0) is 0 Å². The quantitative estimate of drug-likeness (QED) is 0.520. The van der Waals surface area contributed by atoms with Crippen molar-refractivity contribution in [1.82, 2.24) is 15.2 Å². The van der Waals surface area contributed by atoms with E-state index in [-0.39, 0.29) is 0 Å². The number of anilines is 1. The second-order valence-corrected chi connectivity index (χ2v) is 5.07. The predicted octanol–water partition coefficient (Wildman–Crippen LogP) is 3.47. The number of nitrogens with zero attached hydrogens (tertiary/aromatic N) is 4. The molecule has 1 aromatic heterocycles. The maximum Gasteiger partial charge on any atom is 0.209 e. The summed E-state index contributed by atoms with van der Waals surface area (Å²) in [6, 6.07) is 7.35. The zero-order valence-electron chi connectivity index (χ0n) is 11.2. The number of halogens is 1. The van der Waals surface area contributed by atoms with Gasteiger partial charge in [-0.05, 0) is 36.9 Å². The van der Waals surface area contributed by atoms with E-state index in [0.717, 1.165) is 23.5 Å². The Morgan fingerprint density at radius 1 is 1.35 bits per heavy atom. The van der Waals surface area contributed by atoms with Crippen LogP contribution in [0.1, 0.15) is 19.0 Å². The van der Waals surface area contributed by atoms with Gasteiger partial charge in [0.15, 0.2) is 0 Å². The van der Waals surface area contributed by atoms with Crippen molar-refractivity contribution in [2.75, 3.05) is 11.7 Å². The Kier molecular flexibility index (Phi) is 5.31. The molecule has 1 N–H and O–H groups in total. The zero-order chi connectivity index (χ0) is 14.4. The van der Waals surface area contributed by atoms with Crippen molar-refractivity contribution in [3.8, 4) is 0 Å². The Morgan fingerprint density at radius 2 is 2.10 bits per heavy atom. The lowest BCUT2D eigenvalue weighted by Crippen LogP contribution is -2.08. The lowest BCUT2D eigenvalue weighted by atomic mass is 10.2. The molecule has 7 heteroatoms. The molecule has 2 rings (SSSR count). The molecule has 0 saturated heterocycles. The number of rotatable bonds is 5. The van der Waals surface area contributed by atoms with Crippen molar-refractivity contribution in [2.45, 2.75) is 18.5 Å². The van der Waals surface area contributed by atoms with Gasteiger partial charge >= 0.3 is 0 Å². The summed E-state index contributed by atoms with van der Waals surface area (Å²) >= 11 is 7.29. The molecule has 2 aromatic rings. The minimum absolute atomic E-state index is 0.634. The van der Waals surface area contributed by atoms with E-state index >= 15 is 0 Å². The summed E-state index contributed by atoms with van der Waals surface area (Å²) in [6.07, 6.45) is 4.27. The van der Waals surface area contributed by atoms with Gasteiger partial charge in [-0.1, -0.05) is 30.3 Å². The highest BCUT2D eigenvalue weighted by molar-refractivity contribution is 7.98. The number of benzene rings is 1.